The van der Waals surface area contributed by atoms with Gasteiger partial charge in [-0.15, -0.1) is 10.2 Å². The van der Waals surface area contributed by atoms with Gasteiger partial charge in [-0.2, -0.15) is 5.10 Å². The van der Waals surface area contributed by atoms with Gasteiger partial charge in [0.05, 0.1) is 23.3 Å². The number of benzene rings is 2. The molecule has 0 unspecified atom stereocenters. The van der Waals surface area contributed by atoms with Crippen LogP contribution in [0.15, 0.2) is 90.2 Å². The number of hydrogen-bond acceptors (Lipinski definition) is 6. The van der Waals surface area contributed by atoms with Gasteiger partial charge in [-0.25, -0.2) is 9.67 Å². The molecule has 0 aliphatic rings. The van der Waals surface area contributed by atoms with Gasteiger partial charge in [-0.3, -0.25) is 9.36 Å². The van der Waals surface area contributed by atoms with E-state index in [0.717, 1.165) is 28.5 Å². The lowest BCUT2D eigenvalue weighted by molar-refractivity contribution is -0.113. The molecule has 1 N–H and O–H groups in total. The molecule has 35 heavy (non-hydrogen) atoms. The van der Waals surface area contributed by atoms with Crippen molar-refractivity contribution in [2.24, 2.45) is 0 Å². The van der Waals surface area contributed by atoms with Gasteiger partial charge in [0.15, 0.2) is 16.8 Å². The van der Waals surface area contributed by atoms with E-state index in [4.69, 9.17) is 0 Å². The van der Waals surface area contributed by atoms with Crippen LogP contribution in [0.2, 0.25) is 0 Å². The normalized spacial score (nSPS) is 10.9. The van der Waals surface area contributed by atoms with Crippen LogP contribution in [0, 0.1) is 13.8 Å². The van der Waals surface area contributed by atoms with E-state index in [-0.39, 0.29) is 11.7 Å². The van der Waals surface area contributed by atoms with Crippen LogP contribution in [0.4, 0.5) is 5.69 Å². The van der Waals surface area contributed by atoms with Gasteiger partial charge in [-0.1, -0.05) is 60.3 Å². The van der Waals surface area contributed by atoms with Crippen molar-refractivity contribution in [1.82, 2.24) is 29.5 Å². The van der Waals surface area contributed by atoms with Crippen molar-refractivity contribution in [3.8, 4) is 22.9 Å². The zero-order valence-corrected chi connectivity index (χ0v) is 20.1. The second-order valence-corrected chi connectivity index (χ2v) is 8.87. The molecular weight excluding hydrogens is 458 g/mol. The molecule has 2 aromatic carbocycles. The summed E-state index contributed by atoms with van der Waals surface area (Å²) in [6.07, 6.45) is 1.63. The Morgan fingerprint density at radius 2 is 1.69 bits per heavy atom. The molecule has 5 rings (SSSR count). The number of anilines is 1. The third kappa shape index (κ3) is 4.99. The van der Waals surface area contributed by atoms with Gasteiger partial charge in [0.2, 0.25) is 5.91 Å². The molecule has 1 amide bonds. The number of amides is 1. The van der Waals surface area contributed by atoms with Gasteiger partial charge in [0, 0.05) is 16.9 Å². The molecule has 0 bridgehead atoms. The fraction of sp³-hybridized carbons (Fsp3) is 0.115. The van der Waals surface area contributed by atoms with Crippen molar-refractivity contribution in [3.05, 3.63) is 96.4 Å². The van der Waals surface area contributed by atoms with Crippen LogP contribution in [0.1, 0.15) is 11.4 Å². The lowest BCUT2D eigenvalue weighted by atomic mass is 10.2. The maximum Gasteiger partial charge on any atom is 0.234 e. The maximum atomic E-state index is 12.7. The van der Waals surface area contributed by atoms with Gasteiger partial charge in [0.1, 0.15) is 0 Å². The number of pyridine rings is 1. The molecular formula is C26H23N7OS. The predicted octanol–water partition coefficient (Wildman–Crippen LogP) is 4.86. The molecule has 0 radical (unpaired) electrons. The monoisotopic (exact) mass is 481 g/mol. The zero-order chi connectivity index (χ0) is 24.2. The molecule has 0 saturated heterocycles. The summed E-state index contributed by atoms with van der Waals surface area (Å²) < 4.78 is 3.75. The first-order valence-corrected chi connectivity index (χ1v) is 12.1. The quantitative estimate of drug-likeness (QED) is 0.334. The summed E-state index contributed by atoms with van der Waals surface area (Å²) in [4.78, 5) is 17.1. The lowest BCUT2D eigenvalue weighted by Crippen LogP contribution is -2.15. The second-order valence-electron chi connectivity index (χ2n) is 7.92. The molecule has 3 aromatic heterocycles. The molecule has 0 saturated carbocycles. The molecule has 8 nitrogen and oxygen atoms in total. The third-order valence-corrected chi connectivity index (χ3v) is 6.20. The standard InChI is InChI=1S/C26H23N7OS/c1-18-15-19(2)33(31-18)23-14-13-21(16-27-23)28-24(34)17-35-26-30-29-25(20-9-5-3-6-10-20)32(26)22-11-7-4-8-12-22/h3-16H,17H2,1-2H3,(H,28,34). The van der Waals surface area contributed by atoms with E-state index in [2.05, 4.69) is 25.6 Å². The minimum Gasteiger partial charge on any atom is -0.324 e. The zero-order valence-electron chi connectivity index (χ0n) is 19.3. The summed E-state index contributed by atoms with van der Waals surface area (Å²) in [6.45, 7) is 3.92. The van der Waals surface area contributed by atoms with Crippen LogP contribution >= 0.6 is 11.8 Å². The van der Waals surface area contributed by atoms with Crippen molar-refractivity contribution in [3.63, 3.8) is 0 Å². The van der Waals surface area contributed by atoms with E-state index < -0.39 is 0 Å². The van der Waals surface area contributed by atoms with Crippen molar-refractivity contribution < 1.29 is 4.79 Å². The van der Waals surface area contributed by atoms with Gasteiger partial charge in [0.25, 0.3) is 0 Å². The van der Waals surface area contributed by atoms with Gasteiger partial charge in [-0.05, 0) is 44.2 Å². The second kappa shape index (κ2) is 9.94. The summed E-state index contributed by atoms with van der Waals surface area (Å²) in [6, 6.07) is 25.4. The summed E-state index contributed by atoms with van der Waals surface area (Å²) >= 11 is 1.33. The topological polar surface area (TPSA) is 90.5 Å². The number of hydrogen-bond donors (Lipinski definition) is 1. The smallest absolute Gasteiger partial charge is 0.234 e. The number of thioether (sulfide) groups is 1. The van der Waals surface area contributed by atoms with Crippen molar-refractivity contribution in [1.29, 1.82) is 0 Å². The molecule has 0 fully saturated rings. The van der Waals surface area contributed by atoms with E-state index >= 15 is 0 Å². The highest BCUT2D eigenvalue weighted by Gasteiger charge is 2.17. The number of aromatic nitrogens is 6. The maximum absolute atomic E-state index is 12.7. The summed E-state index contributed by atoms with van der Waals surface area (Å²) in [5, 5.41) is 16.8. The molecule has 0 aliphatic heterocycles. The number of nitrogens with one attached hydrogen (secondary N) is 1. The fourth-order valence-electron chi connectivity index (χ4n) is 3.72. The minimum absolute atomic E-state index is 0.153. The Kier molecular flexibility index (Phi) is 6.40. The molecule has 3 heterocycles. The fourth-order valence-corrected chi connectivity index (χ4v) is 4.47. The highest BCUT2D eigenvalue weighted by molar-refractivity contribution is 7.99. The lowest BCUT2D eigenvalue weighted by Gasteiger charge is -2.10. The first-order chi connectivity index (χ1) is 17.1. The van der Waals surface area contributed by atoms with Gasteiger partial charge >= 0.3 is 0 Å². The third-order valence-electron chi connectivity index (χ3n) is 5.27. The Hall–Kier alpha value is -4.24. The predicted molar refractivity (Wildman–Crippen MR) is 137 cm³/mol. The van der Waals surface area contributed by atoms with Gasteiger partial charge < -0.3 is 5.32 Å². The average molecular weight is 482 g/mol. The van der Waals surface area contributed by atoms with E-state index in [1.807, 2.05) is 97.3 Å². The Morgan fingerprint density at radius 1 is 0.943 bits per heavy atom. The highest BCUT2D eigenvalue weighted by atomic mass is 32.2. The van der Waals surface area contributed by atoms with Crippen LogP contribution in [0.25, 0.3) is 22.9 Å². The Balaban J connectivity index is 1.30. The summed E-state index contributed by atoms with van der Waals surface area (Å²) in [7, 11) is 0. The van der Waals surface area contributed by atoms with Crippen LogP contribution in [0.3, 0.4) is 0 Å². The van der Waals surface area contributed by atoms with E-state index in [1.54, 1.807) is 10.9 Å². The molecule has 0 spiro atoms. The molecule has 174 valence electrons. The number of rotatable bonds is 7. The molecule has 9 heteroatoms. The van der Waals surface area contributed by atoms with E-state index in [0.29, 0.717) is 16.7 Å². The number of aryl methyl sites for hydroxylation is 2. The Labute approximate surface area is 207 Å². The van der Waals surface area contributed by atoms with Crippen LogP contribution in [-0.4, -0.2) is 41.2 Å². The average Bonchev–Trinajstić information content (AvgIpc) is 3.46. The van der Waals surface area contributed by atoms with Crippen molar-refractivity contribution >= 4 is 23.4 Å². The van der Waals surface area contributed by atoms with Crippen LogP contribution in [0.5, 0.6) is 0 Å². The Morgan fingerprint density at radius 3 is 2.34 bits per heavy atom. The van der Waals surface area contributed by atoms with Crippen LogP contribution in [-0.2, 0) is 4.79 Å². The summed E-state index contributed by atoms with van der Waals surface area (Å²) in [5.41, 5.74) is 4.44. The molecule has 0 atom stereocenters. The molecule has 5 aromatic rings. The number of para-hydroxylation sites is 1. The van der Waals surface area contributed by atoms with E-state index in [1.165, 1.54) is 11.8 Å². The number of carbonyl (C=O) groups excluding carboxylic acids is 1. The number of carbonyl (C=O) groups is 1. The van der Waals surface area contributed by atoms with Crippen molar-refractivity contribution in [2.75, 3.05) is 11.1 Å². The SMILES string of the molecule is Cc1cc(C)n(-c2ccc(NC(=O)CSc3nnc(-c4ccccc4)n3-c3ccccc3)cn2)n1. The van der Waals surface area contributed by atoms with Crippen molar-refractivity contribution in [2.45, 2.75) is 19.0 Å². The first kappa shape index (κ1) is 22.5. The molecule has 0 aliphatic carbocycles. The number of nitrogens with zero attached hydrogens (tertiary/aromatic N) is 6. The largest absolute Gasteiger partial charge is 0.324 e. The summed E-state index contributed by atoms with van der Waals surface area (Å²) in [5.74, 6) is 1.45. The van der Waals surface area contributed by atoms with E-state index in [9.17, 15) is 4.79 Å². The first-order valence-electron chi connectivity index (χ1n) is 11.1. The minimum atomic E-state index is -0.153. The highest BCUT2D eigenvalue weighted by Crippen LogP contribution is 2.28. The van der Waals surface area contributed by atoms with Crippen LogP contribution < -0.4 is 5.32 Å². The Bertz CT molecular complexity index is 1440.